The summed E-state index contributed by atoms with van der Waals surface area (Å²) in [5, 5.41) is 4.49. The molecule has 2 aliphatic carbocycles. The van der Waals surface area contributed by atoms with Gasteiger partial charge in [0.05, 0.1) is 14.7 Å². The molecule has 1 aromatic carbocycles. The van der Waals surface area contributed by atoms with Gasteiger partial charge in [0.1, 0.15) is 0 Å². The minimum absolute atomic E-state index is 0.0219. The molecule has 0 aliphatic heterocycles. The van der Waals surface area contributed by atoms with Gasteiger partial charge in [0.25, 0.3) is 5.91 Å². The zero-order valence-electron chi connectivity index (χ0n) is 15.7. The van der Waals surface area contributed by atoms with Gasteiger partial charge in [-0.2, -0.15) is 0 Å². The Kier molecular flexibility index (Phi) is 4.64. The van der Waals surface area contributed by atoms with E-state index in [2.05, 4.69) is 40.6 Å². The third kappa shape index (κ3) is 3.33. The molecule has 0 atom stereocenters. The fourth-order valence-electron chi connectivity index (χ4n) is 5.20. The number of nitrogens with zero attached hydrogens (tertiary/aromatic N) is 1. The van der Waals surface area contributed by atoms with Crippen molar-refractivity contribution in [2.75, 3.05) is 0 Å². The largest absolute Gasteiger partial charge is 0.349 e. The minimum Gasteiger partial charge on any atom is -0.349 e. The smallest absolute Gasteiger partial charge is 0.261 e. The molecule has 3 aromatic rings. The molecule has 2 fully saturated rings. The van der Waals surface area contributed by atoms with E-state index in [1.165, 1.54) is 48.0 Å². The summed E-state index contributed by atoms with van der Waals surface area (Å²) in [5.74, 6) is 0.647. The number of amides is 1. The van der Waals surface area contributed by atoms with Gasteiger partial charge in [0, 0.05) is 17.6 Å². The number of benzene rings is 1. The Bertz CT molecular complexity index is 1010. The molecule has 5 rings (SSSR count). The predicted molar refractivity (Wildman–Crippen MR) is 115 cm³/mol. The Balaban J connectivity index is 1.20. The third-order valence-corrected chi connectivity index (χ3v) is 7.89. The topological polar surface area (TPSA) is 42.0 Å². The van der Waals surface area contributed by atoms with Crippen LogP contribution in [0.4, 0.5) is 0 Å². The van der Waals surface area contributed by atoms with Gasteiger partial charge in [0.2, 0.25) is 0 Å². The van der Waals surface area contributed by atoms with Gasteiger partial charge >= 0.3 is 0 Å². The highest BCUT2D eigenvalue weighted by Gasteiger charge is 2.46. The molecule has 5 heteroatoms. The summed E-state index contributed by atoms with van der Waals surface area (Å²) in [5.41, 5.74) is 2.99. The van der Waals surface area contributed by atoms with Gasteiger partial charge in [-0.1, -0.05) is 29.8 Å². The normalized spacial score (nSPS) is 26.9. The average Bonchev–Trinajstić information content (AvgIpc) is 3.13. The molecule has 2 heterocycles. The second-order valence-corrected chi connectivity index (χ2v) is 10.1. The minimum atomic E-state index is 0.0219. The molecule has 144 valence electrons. The van der Waals surface area contributed by atoms with Crippen LogP contribution in [0.5, 0.6) is 0 Å². The first-order chi connectivity index (χ1) is 13.6. The maximum atomic E-state index is 12.3. The van der Waals surface area contributed by atoms with Gasteiger partial charge in [-0.15, -0.1) is 11.3 Å². The maximum absolute atomic E-state index is 12.3. The number of rotatable bonds is 3. The Morgan fingerprint density at radius 3 is 2.64 bits per heavy atom. The fourth-order valence-corrected chi connectivity index (χ4v) is 6.15. The predicted octanol–water partition coefficient (Wildman–Crippen LogP) is 6.19. The number of para-hydroxylation sites is 1. The number of carbonyl (C=O) groups is 1. The van der Waals surface area contributed by atoms with Crippen molar-refractivity contribution in [2.45, 2.75) is 50.5 Å². The fraction of sp³-hybridized carbons (Fsp3) is 0.391. The Morgan fingerprint density at radius 1 is 1.11 bits per heavy atom. The van der Waals surface area contributed by atoms with Crippen LogP contribution >= 0.6 is 22.9 Å². The Morgan fingerprint density at radius 2 is 1.89 bits per heavy atom. The quantitative estimate of drug-likeness (QED) is 0.559. The number of aromatic nitrogens is 1. The average molecular weight is 411 g/mol. The number of halogens is 1. The van der Waals surface area contributed by atoms with Crippen LogP contribution in [-0.4, -0.2) is 16.9 Å². The van der Waals surface area contributed by atoms with Crippen molar-refractivity contribution in [3.63, 3.8) is 0 Å². The summed E-state index contributed by atoms with van der Waals surface area (Å²) in [6.45, 7) is 0. The van der Waals surface area contributed by atoms with Gasteiger partial charge in [-0.3, -0.25) is 9.78 Å². The first-order valence-corrected chi connectivity index (χ1v) is 11.2. The SMILES string of the molecule is O=C(NC1CC2(CCC(c3ccnc4ccccc34)CC2)C1)c1ccc(Cl)s1. The Hall–Kier alpha value is -1.91. The van der Waals surface area contributed by atoms with E-state index < -0.39 is 0 Å². The van der Waals surface area contributed by atoms with Gasteiger partial charge in [-0.05, 0) is 79.7 Å². The molecule has 28 heavy (non-hydrogen) atoms. The number of nitrogens with one attached hydrogen (secondary N) is 1. The molecule has 3 nitrogen and oxygen atoms in total. The van der Waals surface area contributed by atoms with Crippen LogP contribution in [0.25, 0.3) is 10.9 Å². The van der Waals surface area contributed by atoms with Crippen molar-refractivity contribution in [1.82, 2.24) is 10.3 Å². The highest BCUT2D eigenvalue weighted by molar-refractivity contribution is 7.18. The van der Waals surface area contributed by atoms with Crippen LogP contribution in [0.2, 0.25) is 4.34 Å². The Labute approximate surface area is 174 Å². The van der Waals surface area contributed by atoms with Crippen LogP contribution < -0.4 is 5.32 Å². The highest BCUT2D eigenvalue weighted by Crippen LogP contribution is 2.55. The zero-order valence-corrected chi connectivity index (χ0v) is 17.2. The van der Waals surface area contributed by atoms with Crippen LogP contribution in [-0.2, 0) is 0 Å². The summed E-state index contributed by atoms with van der Waals surface area (Å²) in [6, 6.07) is 14.6. The van der Waals surface area contributed by atoms with Crippen molar-refractivity contribution >= 4 is 39.7 Å². The van der Waals surface area contributed by atoms with E-state index in [1.54, 1.807) is 12.1 Å². The molecule has 0 radical (unpaired) electrons. The van der Waals surface area contributed by atoms with Crippen molar-refractivity contribution in [1.29, 1.82) is 0 Å². The molecule has 1 spiro atoms. The molecule has 2 aromatic heterocycles. The van der Waals surface area contributed by atoms with Crippen LogP contribution in [0.1, 0.15) is 59.7 Å². The maximum Gasteiger partial charge on any atom is 0.261 e. The lowest BCUT2D eigenvalue weighted by molar-refractivity contribution is 0.0313. The van der Waals surface area contributed by atoms with Crippen LogP contribution in [0.15, 0.2) is 48.7 Å². The summed E-state index contributed by atoms with van der Waals surface area (Å²) < 4.78 is 0.664. The molecule has 0 saturated heterocycles. The van der Waals surface area contributed by atoms with E-state index in [0.717, 1.165) is 18.4 Å². The number of hydrogen-bond acceptors (Lipinski definition) is 3. The molecule has 0 unspecified atom stereocenters. The number of carbonyl (C=O) groups excluding carboxylic acids is 1. The molecular formula is C23H23ClN2OS. The second kappa shape index (κ2) is 7.16. The first kappa shape index (κ1) is 18.1. The highest BCUT2D eigenvalue weighted by atomic mass is 35.5. The standard InChI is InChI=1S/C23H23ClN2OS/c24-21-6-5-20(28-21)22(27)26-16-13-23(14-16)10-7-15(8-11-23)17-9-12-25-19-4-2-1-3-18(17)19/h1-6,9,12,15-16H,7-8,10-11,13-14H2,(H,26,27). The molecule has 0 bridgehead atoms. The van der Waals surface area contributed by atoms with E-state index in [0.29, 0.717) is 26.6 Å². The van der Waals surface area contributed by atoms with E-state index >= 15 is 0 Å². The number of pyridine rings is 1. The van der Waals surface area contributed by atoms with Crippen LogP contribution in [0, 0.1) is 5.41 Å². The number of hydrogen-bond donors (Lipinski definition) is 1. The molecule has 1 N–H and O–H groups in total. The lowest BCUT2D eigenvalue weighted by Gasteiger charge is -2.51. The van der Waals surface area contributed by atoms with Crippen molar-refractivity contribution in [3.8, 4) is 0 Å². The summed E-state index contributed by atoms with van der Waals surface area (Å²) in [4.78, 5) is 17.5. The number of fused-ring (bicyclic) bond motifs is 1. The first-order valence-electron chi connectivity index (χ1n) is 10.0. The van der Waals surface area contributed by atoms with Gasteiger partial charge in [0.15, 0.2) is 0 Å². The summed E-state index contributed by atoms with van der Waals surface area (Å²) in [7, 11) is 0. The van der Waals surface area contributed by atoms with Gasteiger partial charge in [-0.25, -0.2) is 0 Å². The molecule has 1 amide bonds. The van der Waals surface area contributed by atoms with E-state index in [1.807, 2.05) is 6.20 Å². The van der Waals surface area contributed by atoms with Crippen molar-refractivity contribution in [2.24, 2.45) is 5.41 Å². The molecule has 2 saturated carbocycles. The second-order valence-electron chi connectivity index (χ2n) is 8.37. The van der Waals surface area contributed by atoms with E-state index in [-0.39, 0.29) is 5.91 Å². The van der Waals surface area contributed by atoms with Crippen molar-refractivity contribution < 1.29 is 4.79 Å². The summed E-state index contributed by atoms with van der Waals surface area (Å²) in [6.07, 6.45) is 9.15. The van der Waals surface area contributed by atoms with Crippen LogP contribution in [0.3, 0.4) is 0 Å². The van der Waals surface area contributed by atoms with Crippen molar-refractivity contribution in [3.05, 3.63) is 63.4 Å². The molecular weight excluding hydrogens is 388 g/mol. The summed E-state index contributed by atoms with van der Waals surface area (Å²) >= 11 is 7.29. The lowest BCUT2D eigenvalue weighted by Crippen LogP contribution is -2.51. The zero-order chi connectivity index (χ0) is 19.1. The van der Waals surface area contributed by atoms with E-state index in [9.17, 15) is 4.79 Å². The monoisotopic (exact) mass is 410 g/mol. The van der Waals surface area contributed by atoms with Gasteiger partial charge < -0.3 is 5.32 Å². The third-order valence-electron chi connectivity index (χ3n) is 6.66. The molecule has 2 aliphatic rings. The van der Waals surface area contributed by atoms with E-state index in [4.69, 9.17) is 11.6 Å². The number of thiophene rings is 1. The lowest BCUT2D eigenvalue weighted by atomic mass is 9.56.